The molecule has 1 atom stereocenters. The van der Waals surface area contributed by atoms with Gasteiger partial charge in [0.05, 0.1) is 5.56 Å². The molecule has 3 nitrogen and oxygen atoms in total. The summed E-state index contributed by atoms with van der Waals surface area (Å²) in [6.07, 6.45) is 3.06. The van der Waals surface area contributed by atoms with Gasteiger partial charge in [0.2, 0.25) is 0 Å². The normalized spacial score (nSPS) is 12.1. The van der Waals surface area contributed by atoms with Crippen molar-refractivity contribution in [2.45, 2.75) is 19.4 Å². The van der Waals surface area contributed by atoms with E-state index < -0.39 is 0 Å². The summed E-state index contributed by atoms with van der Waals surface area (Å²) in [5, 5.41) is 3.61. The Hall–Kier alpha value is -0.870. The topological polar surface area (TPSA) is 32.3 Å². The molecule has 0 fully saturated rings. The molecular weight excluding hydrogens is 280 g/mol. The second-order valence-electron chi connectivity index (χ2n) is 4.49. The Morgan fingerprint density at radius 1 is 1.53 bits per heavy atom. The van der Waals surface area contributed by atoms with Crippen molar-refractivity contribution in [3.63, 3.8) is 0 Å². The fourth-order valence-corrected chi connectivity index (χ4v) is 2.53. The number of nitrogens with zero attached hydrogens (tertiary/aromatic N) is 1. The predicted octanol–water partition coefficient (Wildman–Crippen LogP) is 3.60. The van der Waals surface area contributed by atoms with Crippen molar-refractivity contribution in [2.75, 3.05) is 31.4 Å². The maximum absolute atomic E-state index is 12.5. The van der Waals surface area contributed by atoms with Gasteiger partial charge in [-0.1, -0.05) is 11.6 Å². The van der Waals surface area contributed by atoms with E-state index in [0.717, 1.165) is 17.9 Å². The zero-order valence-corrected chi connectivity index (χ0v) is 13.4. The zero-order valence-electron chi connectivity index (χ0n) is 11.9. The predicted molar refractivity (Wildman–Crippen MR) is 85.6 cm³/mol. The Morgan fingerprint density at radius 2 is 2.21 bits per heavy atom. The summed E-state index contributed by atoms with van der Waals surface area (Å²) in [5.41, 5.74) is 1.42. The van der Waals surface area contributed by atoms with Crippen molar-refractivity contribution in [1.82, 2.24) is 4.90 Å². The Labute approximate surface area is 124 Å². The number of halogens is 1. The molecule has 1 aromatic carbocycles. The highest BCUT2D eigenvalue weighted by molar-refractivity contribution is 7.98. The first kappa shape index (κ1) is 16.2. The molecule has 0 saturated heterocycles. The number of anilines is 1. The number of amides is 1. The summed E-state index contributed by atoms with van der Waals surface area (Å²) in [7, 11) is 3.64. The SMILES string of the molecule is CNc1ccc(Cl)cc1C(=O)N(C)C(C)CCSC. The van der Waals surface area contributed by atoms with Crippen LogP contribution < -0.4 is 5.32 Å². The highest BCUT2D eigenvalue weighted by Crippen LogP contribution is 2.22. The molecule has 5 heteroatoms. The van der Waals surface area contributed by atoms with Crippen LogP contribution >= 0.6 is 23.4 Å². The van der Waals surface area contributed by atoms with Crippen LogP contribution in [0.3, 0.4) is 0 Å². The van der Waals surface area contributed by atoms with Crippen molar-refractivity contribution < 1.29 is 4.79 Å². The lowest BCUT2D eigenvalue weighted by atomic mass is 10.1. The second-order valence-corrected chi connectivity index (χ2v) is 5.91. The van der Waals surface area contributed by atoms with Crippen LogP contribution in [0.1, 0.15) is 23.7 Å². The molecule has 19 heavy (non-hydrogen) atoms. The minimum Gasteiger partial charge on any atom is -0.387 e. The Morgan fingerprint density at radius 3 is 2.79 bits per heavy atom. The zero-order chi connectivity index (χ0) is 14.4. The van der Waals surface area contributed by atoms with Gasteiger partial charge in [0, 0.05) is 30.8 Å². The van der Waals surface area contributed by atoms with E-state index in [4.69, 9.17) is 11.6 Å². The quantitative estimate of drug-likeness (QED) is 0.871. The van der Waals surface area contributed by atoms with Crippen LogP contribution in [0.2, 0.25) is 5.02 Å². The molecule has 0 spiro atoms. The molecule has 0 aliphatic heterocycles. The molecule has 0 radical (unpaired) electrons. The van der Waals surface area contributed by atoms with Crippen LogP contribution in [0.15, 0.2) is 18.2 Å². The van der Waals surface area contributed by atoms with Gasteiger partial charge >= 0.3 is 0 Å². The average Bonchev–Trinajstić information content (AvgIpc) is 2.42. The third-order valence-electron chi connectivity index (χ3n) is 3.20. The van der Waals surface area contributed by atoms with E-state index in [0.29, 0.717) is 10.6 Å². The average molecular weight is 301 g/mol. The highest BCUT2D eigenvalue weighted by atomic mass is 35.5. The summed E-state index contributed by atoms with van der Waals surface area (Å²) in [5.74, 6) is 1.05. The van der Waals surface area contributed by atoms with Crippen molar-refractivity contribution in [2.24, 2.45) is 0 Å². The minimum atomic E-state index is 0.000420. The van der Waals surface area contributed by atoms with Gasteiger partial charge in [-0.25, -0.2) is 0 Å². The van der Waals surface area contributed by atoms with E-state index >= 15 is 0 Å². The van der Waals surface area contributed by atoms with Crippen molar-refractivity contribution in [1.29, 1.82) is 0 Å². The van der Waals surface area contributed by atoms with Crippen LogP contribution in [0.25, 0.3) is 0 Å². The highest BCUT2D eigenvalue weighted by Gasteiger charge is 2.20. The van der Waals surface area contributed by atoms with Crippen LogP contribution in [-0.2, 0) is 0 Å². The lowest BCUT2D eigenvalue weighted by Gasteiger charge is -2.25. The molecule has 1 rings (SSSR count). The molecule has 1 aromatic rings. The van der Waals surface area contributed by atoms with Crippen molar-refractivity contribution in [3.8, 4) is 0 Å². The molecule has 0 aromatic heterocycles. The Kier molecular flexibility index (Phi) is 6.52. The van der Waals surface area contributed by atoms with Crippen LogP contribution in [0.5, 0.6) is 0 Å². The van der Waals surface area contributed by atoms with E-state index in [9.17, 15) is 4.79 Å². The number of hydrogen-bond acceptors (Lipinski definition) is 3. The lowest BCUT2D eigenvalue weighted by Crippen LogP contribution is -2.35. The molecule has 0 heterocycles. The van der Waals surface area contributed by atoms with E-state index in [1.165, 1.54) is 0 Å². The smallest absolute Gasteiger partial charge is 0.255 e. The Balaban J connectivity index is 2.89. The monoisotopic (exact) mass is 300 g/mol. The van der Waals surface area contributed by atoms with Gasteiger partial charge in [0.25, 0.3) is 5.91 Å². The fourth-order valence-electron chi connectivity index (χ4n) is 1.78. The number of carbonyl (C=O) groups is 1. The van der Waals surface area contributed by atoms with Gasteiger partial charge in [0.1, 0.15) is 0 Å². The molecule has 106 valence electrons. The van der Waals surface area contributed by atoms with Crippen molar-refractivity contribution in [3.05, 3.63) is 28.8 Å². The third kappa shape index (κ3) is 4.32. The van der Waals surface area contributed by atoms with Gasteiger partial charge in [0.15, 0.2) is 0 Å². The molecule has 1 N–H and O–H groups in total. The Bertz CT molecular complexity index is 439. The number of nitrogens with one attached hydrogen (secondary N) is 1. The van der Waals surface area contributed by atoms with Crippen LogP contribution in [-0.4, -0.2) is 43.0 Å². The maximum atomic E-state index is 12.5. The van der Waals surface area contributed by atoms with Crippen LogP contribution in [0, 0.1) is 0 Å². The molecule has 0 saturated carbocycles. The lowest BCUT2D eigenvalue weighted by molar-refractivity contribution is 0.0742. The van der Waals surface area contributed by atoms with Gasteiger partial charge in [-0.2, -0.15) is 11.8 Å². The number of carbonyl (C=O) groups excluding carboxylic acids is 1. The first-order valence-electron chi connectivity index (χ1n) is 6.24. The number of rotatable bonds is 6. The first-order chi connectivity index (χ1) is 9.01. The van der Waals surface area contributed by atoms with Gasteiger partial charge in [-0.15, -0.1) is 0 Å². The van der Waals surface area contributed by atoms with E-state index in [1.54, 1.807) is 35.8 Å². The first-order valence-corrected chi connectivity index (χ1v) is 8.01. The van der Waals surface area contributed by atoms with Gasteiger partial charge in [-0.3, -0.25) is 4.79 Å². The van der Waals surface area contributed by atoms with Gasteiger partial charge in [-0.05, 0) is 43.6 Å². The molecule has 1 unspecified atom stereocenters. The van der Waals surface area contributed by atoms with E-state index in [2.05, 4.69) is 18.5 Å². The number of hydrogen-bond donors (Lipinski definition) is 1. The second kappa shape index (κ2) is 7.65. The maximum Gasteiger partial charge on any atom is 0.255 e. The molecule has 0 bridgehead atoms. The fraction of sp³-hybridized carbons (Fsp3) is 0.500. The molecule has 1 amide bonds. The molecule has 0 aliphatic rings. The molecular formula is C14H21ClN2OS. The van der Waals surface area contributed by atoms with Crippen molar-refractivity contribution >= 4 is 35.0 Å². The summed E-state index contributed by atoms with van der Waals surface area (Å²) >= 11 is 7.78. The number of thioether (sulfide) groups is 1. The summed E-state index contributed by atoms with van der Waals surface area (Å²) in [4.78, 5) is 14.3. The molecule has 0 aliphatic carbocycles. The number of benzene rings is 1. The summed E-state index contributed by atoms with van der Waals surface area (Å²) < 4.78 is 0. The van der Waals surface area contributed by atoms with E-state index in [1.807, 2.05) is 13.1 Å². The minimum absolute atomic E-state index is 0.000420. The van der Waals surface area contributed by atoms with Crippen LogP contribution in [0.4, 0.5) is 5.69 Å². The van der Waals surface area contributed by atoms with Gasteiger partial charge < -0.3 is 10.2 Å². The van der Waals surface area contributed by atoms with E-state index in [-0.39, 0.29) is 11.9 Å². The standard InChI is InChI=1S/C14H21ClN2OS/c1-10(7-8-19-4)17(3)14(18)12-9-11(15)5-6-13(12)16-2/h5-6,9-10,16H,7-8H2,1-4H3. The summed E-state index contributed by atoms with van der Waals surface area (Å²) in [6, 6.07) is 5.54. The third-order valence-corrected chi connectivity index (χ3v) is 4.08. The summed E-state index contributed by atoms with van der Waals surface area (Å²) in [6.45, 7) is 2.07. The largest absolute Gasteiger partial charge is 0.387 e.